The topological polar surface area (TPSA) is 95.0 Å². The van der Waals surface area contributed by atoms with Gasteiger partial charge in [0.15, 0.2) is 0 Å². The Kier molecular flexibility index (Phi) is 5.14. The van der Waals surface area contributed by atoms with Gasteiger partial charge in [0.05, 0.1) is 11.9 Å². The molecular weight excluding hydrogens is 312 g/mol. The fourth-order valence-electron chi connectivity index (χ4n) is 2.96. The molecule has 0 radical (unpaired) electrons. The van der Waals surface area contributed by atoms with Gasteiger partial charge in [0.2, 0.25) is 0 Å². The largest absolute Gasteiger partial charge is 0.465 e. The van der Waals surface area contributed by atoms with Crippen molar-refractivity contribution in [2.45, 2.75) is 18.9 Å². The summed E-state index contributed by atoms with van der Waals surface area (Å²) in [6.45, 7) is 3.56. The second-order valence-electron chi connectivity index (χ2n) is 6.02. The summed E-state index contributed by atoms with van der Waals surface area (Å²) in [5, 5.41) is 12.0. The Hall–Kier alpha value is -2.35. The van der Waals surface area contributed by atoms with Crippen LogP contribution in [0.15, 0.2) is 18.3 Å². The molecule has 2 fully saturated rings. The first-order valence-corrected chi connectivity index (χ1v) is 8.21. The van der Waals surface area contributed by atoms with E-state index in [9.17, 15) is 9.59 Å². The molecule has 8 heteroatoms. The lowest BCUT2D eigenvalue weighted by atomic mass is 10.1. The summed E-state index contributed by atoms with van der Waals surface area (Å²) in [5.41, 5.74) is 1.30. The molecule has 0 spiro atoms. The fourth-order valence-corrected chi connectivity index (χ4v) is 2.96. The summed E-state index contributed by atoms with van der Waals surface area (Å²) in [6.07, 6.45) is 2.46. The van der Waals surface area contributed by atoms with Crippen LogP contribution >= 0.6 is 0 Å². The molecule has 2 aliphatic heterocycles. The van der Waals surface area contributed by atoms with Gasteiger partial charge in [0.1, 0.15) is 5.69 Å². The Morgan fingerprint density at radius 3 is 2.46 bits per heavy atom. The lowest BCUT2D eigenvalue weighted by molar-refractivity contribution is 0.0694. The highest BCUT2D eigenvalue weighted by Crippen LogP contribution is 2.16. The number of amides is 2. The molecule has 130 valence electrons. The molecule has 2 amide bonds. The van der Waals surface area contributed by atoms with Crippen LogP contribution in [0.5, 0.6) is 0 Å². The van der Waals surface area contributed by atoms with E-state index in [0.717, 1.165) is 18.5 Å². The van der Waals surface area contributed by atoms with Gasteiger partial charge in [0, 0.05) is 45.4 Å². The highest BCUT2D eigenvalue weighted by atomic mass is 16.5. The van der Waals surface area contributed by atoms with E-state index < -0.39 is 6.09 Å². The van der Waals surface area contributed by atoms with Crippen molar-refractivity contribution in [1.29, 1.82) is 0 Å². The van der Waals surface area contributed by atoms with Crippen molar-refractivity contribution in [2.75, 3.05) is 44.3 Å². The summed E-state index contributed by atoms with van der Waals surface area (Å²) in [7, 11) is 0. The number of carbonyl (C=O) groups is 2. The van der Waals surface area contributed by atoms with Gasteiger partial charge in [-0.15, -0.1) is 0 Å². The molecule has 2 N–H and O–H groups in total. The number of piperazine rings is 1. The number of hydrogen-bond donors (Lipinski definition) is 2. The first-order valence-electron chi connectivity index (χ1n) is 8.21. The van der Waals surface area contributed by atoms with Gasteiger partial charge >= 0.3 is 6.09 Å². The summed E-state index contributed by atoms with van der Waals surface area (Å²) in [4.78, 5) is 30.9. The van der Waals surface area contributed by atoms with Crippen molar-refractivity contribution >= 4 is 17.7 Å². The van der Waals surface area contributed by atoms with Gasteiger partial charge in [-0.1, -0.05) is 0 Å². The Bertz CT molecular complexity index is 578. The van der Waals surface area contributed by atoms with Crippen molar-refractivity contribution < 1.29 is 19.4 Å². The third-order valence-corrected chi connectivity index (χ3v) is 4.45. The molecular formula is C16H22N4O4. The predicted octanol–water partition coefficient (Wildman–Crippen LogP) is 0.790. The highest BCUT2D eigenvalue weighted by Gasteiger charge is 2.21. The Morgan fingerprint density at radius 2 is 1.88 bits per heavy atom. The molecule has 0 bridgehead atoms. The lowest BCUT2D eigenvalue weighted by Crippen LogP contribution is -2.48. The second kappa shape index (κ2) is 7.48. The minimum absolute atomic E-state index is 0.150. The summed E-state index contributed by atoms with van der Waals surface area (Å²) in [5.74, 6) is -0.163. The van der Waals surface area contributed by atoms with E-state index in [-0.39, 0.29) is 11.9 Å². The number of nitrogens with zero attached hydrogens (tertiary/aromatic N) is 3. The van der Waals surface area contributed by atoms with Crippen molar-refractivity contribution in [2.24, 2.45) is 0 Å². The number of pyridine rings is 1. The van der Waals surface area contributed by atoms with E-state index in [1.807, 2.05) is 6.07 Å². The molecule has 2 saturated heterocycles. The number of carbonyl (C=O) groups excluding carboxylic acids is 1. The smallest absolute Gasteiger partial charge is 0.407 e. The van der Waals surface area contributed by atoms with Gasteiger partial charge in [-0.05, 0) is 25.0 Å². The van der Waals surface area contributed by atoms with Crippen molar-refractivity contribution in [1.82, 2.24) is 15.2 Å². The Morgan fingerprint density at radius 1 is 1.17 bits per heavy atom. The molecule has 0 saturated carbocycles. The van der Waals surface area contributed by atoms with E-state index in [4.69, 9.17) is 9.84 Å². The zero-order valence-corrected chi connectivity index (χ0v) is 13.5. The Labute approximate surface area is 140 Å². The quantitative estimate of drug-likeness (QED) is 0.849. The van der Waals surface area contributed by atoms with Crippen molar-refractivity contribution in [3.8, 4) is 0 Å². The van der Waals surface area contributed by atoms with Crippen LogP contribution in [0.25, 0.3) is 0 Å². The maximum Gasteiger partial charge on any atom is 0.407 e. The predicted molar refractivity (Wildman–Crippen MR) is 87.4 cm³/mol. The number of carboxylic acid groups (broad SMARTS) is 1. The molecule has 1 aromatic rings. The number of rotatable bonds is 3. The number of hydrogen-bond acceptors (Lipinski definition) is 5. The number of ether oxygens (including phenoxy) is 1. The van der Waals surface area contributed by atoms with Crippen LogP contribution in [0.2, 0.25) is 0 Å². The maximum absolute atomic E-state index is 12.2. The first-order chi connectivity index (χ1) is 11.6. The molecule has 3 rings (SSSR count). The molecule has 2 aliphatic rings. The minimum Gasteiger partial charge on any atom is -0.465 e. The van der Waals surface area contributed by atoms with Crippen LogP contribution in [0.1, 0.15) is 23.3 Å². The molecule has 8 nitrogen and oxygen atoms in total. The van der Waals surface area contributed by atoms with E-state index >= 15 is 0 Å². The third-order valence-electron chi connectivity index (χ3n) is 4.45. The van der Waals surface area contributed by atoms with E-state index in [2.05, 4.69) is 15.2 Å². The highest BCUT2D eigenvalue weighted by molar-refractivity contribution is 5.92. The molecule has 0 unspecified atom stereocenters. The molecule has 0 aliphatic carbocycles. The SMILES string of the molecule is O=C(NC1CCOCC1)c1ccc(N2CCN(C(=O)O)CC2)cn1. The zero-order valence-electron chi connectivity index (χ0n) is 13.5. The van der Waals surface area contributed by atoms with Gasteiger partial charge in [-0.2, -0.15) is 0 Å². The maximum atomic E-state index is 12.2. The second-order valence-corrected chi connectivity index (χ2v) is 6.02. The van der Waals surface area contributed by atoms with Crippen LogP contribution in [-0.4, -0.2) is 72.4 Å². The molecule has 3 heterocycles. The van der Waals surface area contributed by atoms with Crippen LogP contribution in [0.3, 0.4) is 0 Å². The molecule has 0 atom stereocenters. The van der Waals surface area contributed by atoms with Crippen LogP contribution < -0.4 is 10.2 Å². The van der Waals surface area contributed by atoms with Gasteiger partial charge in [0.25, 0.3) is 5.91 Å². The van der Waals surface area contributed by atoms with E-state index in [1.54, 1.807) is 12.3 Å². The third kappa shape index (κ3) is 3.94. The molecule has 1 aromatic heterocycles. The van der Waals surface area contributed by atoms with Gasteiger partial charge in [-0.25, -0.2) is 9.78 Å². The Balaban J connectivity index is 1.55. The summed E-state index contributed by atoms with van der Waals surface area (Å²) in [6, 6.07) is 3.73. The number of anilines is 1. The van der Waals surface area contributed by atoms with Crippen molar-refractivity contribution in [3.05, 3.63) is 24.0 Å². The van der Waals surface area contributed by atoms with E-state index in [1.165, 1.54) is 4.90 Å². The summed E-state index contributed by atoms with van der Waals surface area (Å²) < 4.78 is 5.28. The summed E-state index contributed by atoms with van der Waals surface area (Å²) >= 11 is 0. The lowest BCUT2D eigenvalue weighted by Gasteiger charge is -2.34. The average Bonchev–Trinajstić information content (AvgIpc) is 2.63. The van der Waals surface area contributed by atoms with Crippen LogP contribution in [0, 0.1) is 0 Å². The minimum atomic E-state index is -0.882. The zero-order chi connectivity index (χ0) is 16.9. The van der Waals surface area contributed by atoms with Crippen LogP contribution in [0.4, 0.5) is 10.5 Å². The molecule has 0 aromatic carbocycles. The average molecular weight is 334 g/mol. The monoisotopic (exact) mass is 334 g/mol. The standard InChI is InChI=1S/C16H22N4O4/c21-15(18-12-3-9-24-10-4-12)14-2-1-13(11-17-14)19-5-7-20(8-6-19)16(22)23/h1-2,11-12H,3-10H2,(H,18,21)(H,22,23). The molecule has 24 heavy (non-hydrogen) atoms. The van der Waals surface area contributed by atoms with Gasteiger partial charge in [-0.3, -0.25) is 4.79 Å². The first kappa shape index (κ1) is 16.5. The van der Waals surface area contributed by atoms with E-state index in [0.29, 0.717) is 45.1 Å². The van der Waals surface area contributed by atoms with Crippen molar-refractivity contribution in [3.63, 3.8) is 0 Å². The number of aromatic nitrogens is 1. The number of nitrogens with one attached hydrogen (secondary N) is 1. The van der Waals surface area contributed by atoms with Gasteiger partial charge < -0.3 is 25.0 Å². The fraction of sp³-hybridized carbons (Fsp3) is 0.562. The normalized spacial score (nSPS) is 19.2. The van der Waals surface area contributed by atoms with Crippen LogP contribution in [-0.2, 0) is 4.74 Å².